The van der Waals surface area contributed by atoms with Gasteiger partial charge in [-0.1, -0.05) is 18.1 Å². The average molecular weight is 389 g/mol. The second kappa shape index (κ2) is 6.91. The van der Waals surface area contributed by atoms with Gasteiger partial charge in [-0.2, -0.15) is 0 Å². The maximum Gasteiger partial charge on any atom is 0.254 e. The Morgan fingerprint density at radius 2 is 1.93 bits per heavy atom. The minimum absolute atomic E-state index is 0.160. The Balaban J connectivity index is 1.33. The minimum Gasteiger partial charge on any atom is -0.332 e. The van der Waals surface area contributed by atoms with Gasteiger partial charge in [0.15, 0.2) is 0 Å². The molecule has 4 aliphatic rings. The summed E-state index contributed by atoms with van der Waals surface area (Å²) in [5, 5.41) is 0. The summed E-state index contributed by atoms with van der Waals surface area (Å²) >= 11 is 0. The zero-order chi connectivity index (χ0) is 19.4. The number of fused-ring (bicyclic) bond motifs is 7. The summed E-state index contributed by atoms with van der Waals surface area (Å²) in [5.74, 6) is 1.44. The van der Waals surface area contributed by atoms with E-state index in [1.807, 2.05) is 18.2 Å². The maximum atomic E-state index is 13.6. The monoisotopic (exact) mass is 388 g/mol. The number of hydrogen-bond acceptors (Lipinski definition) is 4. The van der Waals surface area contributed by atoms with Crippen molar-refractivity contribution in [2.45, 2.75) is 50.6 Å². The second-order valence-electron chi connectivity index (χ2n) is 9.27. The lowest BCUT2D eigenvalue weighted by Crippen LogP contribution is -2.60. The zero-order valence-electron chi connectivity index (χ0n) is 16.8. The molecule has 5 nitrogen and oxygen atoms in total. The fourth-order valence-corrected chi connectivity index (χ4v) is 6.46. The molecule has 150 valence electrons. The van der Waals surface area contributed by atoms with E-state index < -0.39 is 0 Å². The zero-order valence-corrected chi connectivity index (χ0v) is 16.8. The third-order valence-electron chi connectivity index (χ3n) is 7.63. The van der Waals surface area contributed by atoms with Crippen molar-refractivity contribution in [2.75, 3.05) is 19.6 Å². The largest absolute Gasteiger partial charge is 0.332 e. The average Bonchev–Trinajstić information content (AvgIpc) is 2.78. The van der Waals surface area contributed by atoms with Crippen LogP contribution in [0.1, 0.15) is 48.9 Å². The van der Waals surface area contributed by atoms with Crippen LogP contribution in [0, 0.1) is 11.8 Å². The number of likely N-dealkylation sites (tertiary alicyclic amines) is 1. The molecule has 5 heteroatoms. The summed E-state index contributed by atoms with van der Waals surface area (Å²) in [5.41, 5.74) is 3.92. The van der Waals surface area contributed by atoms with Crippen molar-refractivity contribution >= 4 is 16.9 Å². The summed E-state index contributed by atoms with van der Waals surface area (Å²) in [6.45, 7) is 3.27. The highest BCUT2D eigenvalue weighted by Gasteiger charge is 2.46. The van der Waals surface area contributed by atoms with Crippen LogP contribution in [0.2, 0.25) is 0 Å². The Kier molecular flexibility index (Phi) is 4.19. The molecule has 0 spiro atoms. The number of amides is 1. The number of carbonyl (C=O) groups is 1. The van der Waals surface area contributed by atoms with Crippen molar-refractivity contribution in [3.05, 3.63) is 47.8 Å². The van der Waals surface area contributed by atoms with E-state index in [0.717, 1.165) is 48.6 Å². The highest BCUT2D eigenvalue weighted by molar-refractivity contribution is 5.97. The normalized spacial score (nSPS) is 31.7. The summed E-state index contributed by atoms with van der Waals surface area (Å²) in [7, 11) is 0. The first kappa shape index (κ1) is 17.6. The standard InChI is InChI=1S/C24H28N4O/c29-24(17-6-7-20-21(14-17)26-9-8-25-20)28-11-3-4-16-12-18-13-19(23(16)28)15-27-10-2-1-5-22(18)27/h6-9,12,14,18-19,22-23H,1-5,10-11,13,15H2/t18-,19+,22+,23+/m1/s1. The predicted molar refractivity (Wildman–Crippen MR) is 112 cm³/mol. The van der Waals surface area contributed by atoms with Gasteiger partial charge in [0.2, 0.25) is 0 Å². The van der Waals surface area contributed by atoms with Gasteiger partial charge < -0.3 is 4.90 Å². The van der Waals surface area contributed by atoms with Gasteiger partial charge in [0, 0.05) is 37.1 Å². The van der Waals surface area contributed by atoms with Crippen molar-refractivity contribution < 1.29 is 4.79 Å². The molecule has 4 atom stereocenters. The molecule has 0 N–H and O–H groups in total. The van der Waals surface area contributed by atoms with E-state index in [2.05, 4.69) is 25.8 Å². The smallest absolute Gasteiger partial charge is 0.254 e. The molecule has 4 heterocycles. The highest BCUT2D eigenvalue weighted by atomic mass is 16.2. The van der Waals surface area contributed by atoms with Crippen LogP contribution in [0.5, 0.6) is 0 Å². The molecular weight excluding hydrogens is 360 g/mol. The molecule has 1 aromatic heterocycles. The minimum atomic E-state index is 0.160. The molecule has 0 saturated carbocycles. The molecule has 29 heavy (non-hydrogen) atoms. The van der Waals surface area contributed by atoms with E-state index in [0.29, 0.717) is 11.8 Å². The Hall–Kier alpha value is -2.27. The van der Waals surface area contributed by atoms with Gasteiger partial charge in [0.1, 0.15) is 0 Å². The van der Waals surface area contributed by atoms with Gasteiger partial charge in [0.25, 0.3) is 5.91 Å². The van der Waals surface area contributed by atoms with Crippen LogP contribution in [-0.4, -0.2) is 57.4 Å². The van der Waals surface area contributed by atoms with E-state index in [-0.39, 0.29) is 11.9 Å². The number of benzene rings is 1. The molecular formula is C24H28N4O. The second-order valence-corrected chi connectivity index (χ2v) is 9.27. The topological polar surface area (TPSA) is 49.3 Å². The third-order valence-corrected chi connectivity index (χ3v) is 7.63. The molecule has 1 aliphatic carbocycles. The molecule has 0 radical (unpaired) electrons. The predicted octanol–water partition coefficient (Wildman–Crippen LogP) is 3.67. The Bertz CT molecular complexity index is 986. The van der Waals surface area contributed by atoms with Crippen molar-refractivity contribution in [1.82, 2.24) is 19.8 Å². The van der Waals surface area contributed by atoms with Crippen LogP contribution in [0.3, 0.4) is 0 Å². The first-order chi connectivity index (χ1) is 14.3. The molecule has 0 unspecified atom stereocenters. The molecule has 6 rings (SSSR count). The SMILES string of the molecule is O=C(c1ccc2nccnc2c1)N1CCCC2=C[C@@H]3C[C@@H](CN4CCCC[C@@H]34)[C@H]21. The van der Waals surface area contributed by atoms with Gasteiger partial charge in [-0.25, -0.2) is 0 Å². The fraction of sp³-hybridized carbons (Fsp3) is 0.542. The van der Waals surface area contributed by atoms with Crippen molar-refractivity contribution in [3.63, 3.8) is 0 Å². The van der Waals surface area contributed by atoms with E-state index in [1.54, 1.807) is 12.4 Å². The van der Waals surface area contributed by atoms with Crippen LogP contribution in [0.15, 0.2) is 42.2 Å². The highest BCUT2D eigenvalue weighted by Crippen LogP contribution is 2.45. The summed E-state index contributed by atoms with van der Waals surface area (Å²) in [6, 6.07) is 6.79. The summed E-state index contributed by atoms with van der Waals surface area (Å²) in [6.07, 6.45) is 13.5. The number of rotatable bonds is 1. The third kappa shape index (κ3) is 2.90. The molecule has 3 fully saturated rings. The van der Waals surface area contributed by atoms with Crippen molar-refractivity contribution in [2.24, 2.45) is 11.8 Å². The first-order valence-electron chi connectivity index (χ1n) is 11.2. The van der Waals surface area contributed by atoms with E-state index in [4.69, 9.17) is 0 Å². The van der Waals surface area contributed by atoms with Crippen molar-refractivity contribution in [3.8, 4) is 0 Å². The van der Waals surface area contributed by atoms with Crippen LogP contribution < -0.4 is 0 Å². The molecule has 1 amide bonds. The van der Waals surface area contributed by atoms with Crippen LogP contribution >= 0.6 is 0 Å². The first-order valence-corrected chi connectivity index (χ1v) is 11.2. The number of carbonyl (C=O) groups excluding carboxylic acids is 1. The van der Waals surface area contributed by atoms with E-state index >= 15 is 0 Å². The van der Waals surface area contributed by atoms with Crippen molar-refractivity contribution in [1.29, 1.82) is 0 Å². The molecule has 3 aliphatic heterocycles. The number of piperidine rings is 3. The Labute approximate surface area is 171 Å². The van der Waals surface area contributed by atoms with Crippen LogP contribution in [0.25, 0.3) is 11.0 Å². The Morgan fingerprint density at radius 3 is 2.86 bits per heavy atom. The van der Waals surface area contributed by atoms with E-state index in [9.17, 15) is 4.79 Å². The number of aromatic nitrogens is 2. The van der Waals surface area contributed by atoms with Gasteiger partial charge in [-0.05, 0) is 68.7 Å². The van der Waals surface area contributed by atoms with Crippen LogP contribution in [0.4, 0.5) is 0 Å². The quantitative estimate of drug-likeness (QED) is 0.700. The summed E-state index contributed by atoms with van der Waals surface area (Å²) in [4.78, 5) is 27.2. The maximum absolute atomic E-state index is 13.6. The number of nitrogens with zero attached hydrogens (tertiary/aromatic N) is 4. The molecule has 2 aromatic rings. The van der Waals surface area contributed by atoms with Crippen LogP contribution in [-0.2, 0) is 0 Å². The van der Waals surface area contributed by atoms with Gasteiger partial charge in [-0.15, -0.1) is 0 Å². The van der Waals surface area contributed by atoms with Gasteiger partial charge >= 0.3 is 0 Å². The Morgan fingerprint density at radius 1 is 1.03 bits per heavy atom. The number of hydrogen-bond donors (Lipinski definition) is 0. The van der Waals surface area contributed by atoms with Gasteiger partial charge in [-0.3, -0.25) is 19.7 Å². The molecule has 2 bridgehead atoms. The summed E-state index contributed by atoms with van der Waals surface area (Å²) < 4.78 is 0. The fourth-order valence-electron chi connectivity index (χ4n) is 6.46. The van der Waals surface area contributed by atoms with Gasteiger partial charge in [0.05, 0.1) is 17.1 Å². The molecule has 3 saturated heterocycles. The van der Waals surface area contributed by atoms with E-state index in [1.165, 1.54) is 37.8 Å². The lowest BCUT2D eigenvalue weighted by atomic mass is 9.68. The lowest BCUT2D eigenvalue weighted by molar-refractivity contribution is 0.00148. The lowest BCUT2D eigenvalue weighted by Gasteiger charge is -2.54. The molecule has 1 aromatic carbocycles.